The Balaban J connectivity index is 0.000000423. The SMILES string of the molecule is CC(C)(C)C(=O)OC1CCCC1.CC(C)(C)OC(=O)C(C)(C)C. The van der Waals surface area contributed by atoms with Crippen molar-refractivity contribution in [1.82, 2.24) is 0 Å². The quantitative estimate of drug-likeness (QED) is 0.643. The zero-order valence-corrected chi connectivity index (χ0v) is 16.5. The maximum absolute atomic E-state index is 11.4. The molecule has 0 radical (unpaired) electrons. The lowest BCUT2D eigenvalue weighted by Gasteiger charge is -2.25. The molecule has 0 atom stereocenters. The second-order valence-electron chi connectivity index (χ2n) is 9.31. The Morgan fingerprint density at radius 3 is 1.39 bits per heavy atom. The van der Waals surface area contributed by atoms with Crippen molar-refractivity contribution in [3.63, 3.8) is 0 Å². The van der Waals surface area contributed by atoms with Gasteiger partial charge in [-0.1, -0.05) is 0 Å². The summed E-state index contributed by atoms with van der Waals surface area (Å²) in [5.74, 6) is -0.209. The lowest BCUT2D eigenvalue weighted by molar-refractivity contribution is -0.164. The van der Waals surface area contributed by atoms with E-state index in [9.17, 15) is 9.59 Å². The van der Waals surface area contributed by atoms with Crippen LogP contribution < -0.4 is 0 Å². The molecular formula is C19H36O4. The first-order valence-corrected chi connectivity index (χ1v) is 8.57. The maximum atomic E-state index is 11.4. The van der Waals surface area contributed by atoms with Gasteiger partial charge in [0.05, 0.1) is 10.8 Å². The highest BCUT2D eigenvalue weighted by Gasteiger charge is 2.28. The summed E-state index contributed by atoms with van der Waals surface area (Å²) < 4.78 is 10.5. The molecule has 4 nitrogen and oxygen atoms in total. The highest BCUT2D eigenvalue weighted by Crippen LogP contribution is 2.24. The average Bonchev–Trinajstić information content (AvgIpc) is 2.77. The first-order valence-electron chi connectivity index (χ1n) is 8.57. The highest BCUT2D eigenvalue weighted by molar-refractivity contribution is 5.76. The third-order valence-corrected chi connectivity index (χ3v) is 3.20. The fourth-order valence-electron chi connectivity index (χ4n) is 1.77. The summed E-state index contributed by atoms with van der Waals surface area (Å²) in [6.07, 6.45) is 4.74. The molecule has 1 aliphatic carbocycles. The van der Waals surface area contributed by atoms with Crippen LogP contribution in [0.3, 0.4) is 0 Å². The monoisotopic (exact) mass is 328 g/mol. The Bertz CT molecular complexity index is 385. The smallest absolute Gasteiger partial charge is 0.311 e. The Morgan fingerprint density at radius 2 is 1.13 bits per heavy atom. The zero-order valence-electron chi connectivity index (χ0n) is 16.5. The number of ether oxygens (including phenoxy) is 2. The number of carbonyl (C=O) groups excluding carboxylic acids is 2. The molecule has 0 spiro atoms. The number of carbonyl (C=O) groups is 2. The van der Waals surface area contributed by atoms with Crippen LogP contribution in [0.15, 0.2) is 0 Å². The van der Waals surface area contributed by atoms with Crippen LogP contribution in [-0.2, 0) is 19.1 Å². The van der Waals surface area contributed by atoms with E-state index in [-0.39, 0.29) is 29.1 Å². The molecule has 23 heavy (non-hydrogen) atoms. The van der Waals surface area contributed by atoms with E-state index in [1.54, 1.807) is 0 Å². The van der Waals surface area contributed by atoms with Crippen molar-refractivity contribution in [2.24, 2.45) is 10.8 Å². The number of hydrogen-bond acceptors (Lipinski definition) is 4. The van der Waals surface area contributed by atoms with Gasteiger partial charge in [0.1, 0.15) is 11.7 Å². The summed E-state index contributed by atoms with van der Waals surface area (Å²) in [6, 6.07) is 0. The summed E-state index contributed by atoms with van der Waals surface area (Å²) in [5, 5.41) is 0. The van der Waals surface area contributed by atoms with Crippen LogP contribution in [0.5, 0.6) is 0 Å². The van der Waals surface area contributed by atoms with Crippen LogP contribution in [0, 0.1) is 10.8 Å². The number of rotatable bonds is 1. The molecule has 0 aromatic heterocycles. The minimum atomic E-state index is -0.396. The molecule has 136 valence electrons. The van der Waals surface area contributed by atoms with Crippen molar-refractivity contribution in [1.29, 1.82) is 0 Å². The molecule has 4 heteroatoms. The van der Waals surface area contributed by atoms with Gasteiger partial charge in [0.15, 0.2) is 0 Å². The van der Waals surface area contributed by atoms with Gasteiger partial charge < -0.3 is 9.47 Å². The molecule has 0 aromatic carbocycles. The van der Waals surface area contributed by atoms with E-state index in [0.29, 0.717) is 0 Å². The van der Waals surface area contributed by atoms with Crippen LogP contribution in [0.4, 0.5) is 0 Å². The van der Waals surface area contributed by atoms with Crippen LogP contribution in [0.25, 0.3) is 0 Å². The van der Waals surface area contributed by atoms with Crippen LogP contribution in [-0.4, -0.2) is 23.6 Å². The third kappa shape index (κ3) is 10.4. The molecule has 0 heterocycles. The molecule has 1 rings (SSSR count). The van der Waals surface area contributed by atoms with Crippen molar-refractivity contribution in [3.8, 4) is 0 Å². The Labute approximate surface area is 142 Å². The van der Waals surface area contributed by atoms with E-state index in [2.05, 4.69) is 0 Å². The highest BCUT2D eigenvalue weighted by atomic mass is 16.6. The molecular weight excluding hydrogens is 292 g/mol. The first kappa shape index (κ1) is 21.9. The standard InChI is InChI=1S/C10H18O2.C9H18O2/c1-10(2,3)9(11)12-8-6-4-5-7-8;1-8(2,3)7(10)11-9(4,5)6/h8H,4-7H2,1-3H3;1-6H3. The minimum absolute atomic E-state index is 0.0607. The summed E-state index contributed by atoms with van der Waals surface area (Å²) in [7, 11) is 0. The van der Waals surface area contributed by atoms with Gasteiger partial charge in [0.2, 0.25) is 0 Å². The normalized spacial score (nSPS) is 16.4. The van der Waals surface area contributed by atoms with Crippen LogP contribution in [0.2, 0.25) is 0 Å². The molecule has 1 fully saturated rings. The van der Waals surface area contributed by atoms with Crippen molar-refractivity contribution in [2.75, 3.05) is 0 Å². The molecule has 0 aliphatic heterocycles. The first-order chi connectivity index (χ1) is 10.1. The minimum Gasteiger partial charge on any atom is -0.462 e. The van der Waals surface area contributed by atoms with Crippen molar-refractivity contribution >= 4 is 11.9 Å². The van der Waals surface area contributed by atoms with E-state index in [0.717, 1.165) is 12.8 Å². The molecule has 0 saturated heterocycles. The fourth-order valence-corrected chi connectivity index (χ4v) is 1.77. The van der Waals surface area contributed by atoms with E-state index in [4.69, 9.17) is 9.47 Å². The van der Waals surface area contributed by atoms with Crippen molar-refractivity contribution in [2.45, 2.75) is 99.7 Å². The lowest BCUT2D eigenvalue weighted by atomic mass is 9.97. The maximum Gasteiger partial charge on any atom is 0.311 e. The Morgan fingerprint density at radius 1 is 0.739 bits per heavy atom. The van der Waals surface area contributed by atoms with E-state index in [1.165, 1.54) is 12.8 Å². The van der Waals surface area contributed by atoms with E-state index in [1.807, 2.05) is 62.3 Å². The van der Waals surface area contributed by atoms with Crippen molar-refractivity contribution in [3.05, 3.63) is 0 Å². The molecule has 1 aliphatic rings. The van der Waals surface area contributed by atoms with Gasteiger partial charge >= 0.3 is 11.9 Å². The van der Waals surface area contributed by atoms with Gasteiger partial charge in [-0.2, -0.15) is 0 Å². The average molecular weight is 328 g/mol. The van der Waals surface area contributed by atoms with E-state index < -0.39 is 5.41 Å². The Kier molecular flexibility index (Phi) is 7.79. The van der Waals surface area contributed by atoms with Crippen LogP contribution >= 0.6 is 0 Å². The lowest BCUT2D eigenvalue weighted by Crippen LogP contribution is -2.31. The summed E-state index contributed by atoms with van der Waals surface area (Å²) in [5.41, 5.74) is -1.11. The van der Waals surface area contributed by atoms with Gasteiger partial charge in [-0.15, -0.1) is 0 Å². The fraction of sp³-hybridized carbons (Fsp3) is 0.895. The molecule has 0 unspecified atom stereocenters. The van der Waals surface area contributed by atoms with Gasteiger partial charge in [-0.05, 0) is 88.0 Å². The molecule has 0 N–H and O–H groups in total. The topological polar surface area (TPSA) is 52.6 Å². The number of hydrogen-bond donors (Lipinski definition) is 0. The van der Waals surface area contributed by atoms with Crippen LogP contribution in [0.1, 0.15) is 88.0 Å². The Hall–Kier alpha value is -1.06. The summed E-state index contributed by atoms with van der Waals surface area (Å²) >= 11 is 0. The van der Waals surface area contributed by atoms with E-state index >= 15 is 0 Å². The van der Waals surface area contributed by atoms with Gasteiger partial charge in [0, 0.05) is 0 Å². The summed E-state index contributed by atoms with van der Waals surface area (Å²) in [4.78, 5) is 22.7. The number of esters is 2. The third-order valence-electron chi connectivity index (χ3n) is 3.20. The van der Waals surface area contributed by atoms with Gasteiger partial charge in [-0.25, -0.2) is 0 Å². The second-order valence-corrected chi connectivity index (χ2v) is 9.31. The van der Waals surface area contributed by atoms with Gasteiger partial charge in [-0.3, -0.25) is 9.59 Å². The van der Waals surface area contributed by atoms with Gasteiger partial charge in [0.25, 0.3) is 0 Å². The predicted octanol–water partition coefficient (Wildman–Crippen LogP) is 4.89. The predicted molar refractivity (Wildman–Crippen MR) is 93.1 cm³/mol. The molecule has 0 aromatic rings. The molecule has 1 saturated carbocycles. The van der Waals surface area contributed by atoms with Crippen molar-refractivity contribution < 1.29 is 19.1 Å². The summed E-state index contributed by atoms with van der Waals surface area (Å²) in [6.45, 7) is 16.8. The second kappa shape index (κ2) is 8.16. The zero-order chi connectivity index (χ0) is 18.5. The molecule has 0 bridgehead atoms. The largest absolute Gasteiger partial charge is 0.462 e. The molecule has 0 amide bonds.